The highest BCUT2D eigenvalue weighted by Crippen LogP contribution is 2.28. The van der Waals surface area contributed by atoms with E-state index in [0.717, 1.165) is 32.1 Å². The molecule has 0 aromatic heterocycles. The average molecular weight is 172 g/mol. The van der Waals surface area contributed by atoms with Crippen LogP contribution < -0.4 is 0 Å². The van der Waals surface area contributed by atoms with Crippen LogP contribution in [0, 0.1) is 5.92 Å². The SMILES string of the molecule is CCC(O)CC1CCCC(O)C1. The number of aliphatic hydroxyl groups is 2. The molecular weight excluding hydrogens is 152 g/mol. The van der Waals surface area contributed by atoms with E-state index in [1.54, 1.807) is 0 Å². The summed E-state index contributed by atoms with van der Waals surface area (Å²) in [5.41, 5.74) is 0. The second-order valence-corrected chi connectivity index (χ2v) is 3.98. The van der Waals surface area contributed by atoms with Gasteiger partial charge in [-0.3, -0.25) is 0 Å². The zero-order valence-electron chi connectivity index (χ0n) is 7.87. The molecule has 0 aliphatic heterocycles. The quantitative estimate of drug-likeness (QED) is 0.680. The van der Waals surface area contributed by atoms with Crippen molar-refractivity contribution in [3.63, 3.8) is 0 Å². The van der Waals surface area contributed by atoms with Crippen LogP contribution in [0.4, 0.5) is 0 Å². The van der Waals surface area contributed by atoms with Gasteiger partial charge in [0.25, 0.3) is 0 Å². The van der Waals surface area contributed by atoms with Gasteiger partial charge in [0, 0.05) is 0 Å². The van der Waals surface area contributed by atoms with Gasteiger partial charge in [0.2, 0.25) is 0 Å². The zero-order valence-corrected chi connectivity index (χ0v) is 7.87. The van der Waals surface area contributed by atoms with Crippen molar-refractivity contribution >= 4 is 0 Å². The maximum absolute atomic E-state index is 9.41. The number of aliphatic hydroxyl groups excluding tert-OH is 2. The Kier molecular flexibility index (Phi) is 4.02. The molecule has 0 aromatic rings. The van der Waals surface area contributed by atoms with Crippen molar-refractivity contribution in [1.82, 2.24) is 0 Å². The molecule has 1 aliphatic carbocycles. The summed E-state index contributed by atoms with van der Waals surface area (Å²) in [6.45, 7) is 2.00. The summed E-state index contributed by atoms with van der Waals surface area (Å²) in [6, 6.07) is 0. The molecule has 0 spiro atoms. The minimum absolute atomic E-state index is 0.104. The lowest BCUT2D eigenvalue weighted by Crippen LogP contribution is -2.23. The van der Waals surface area contributed by atoms with Crippen molar-refractivity contribution < 1.29 is 10.2 Å². The summed E-state index contributed by atoms with van der Waals surface area (Å²) < 4.78 is 0. The normalized spacial score (nSPS) is 33.2. The van der Waals surface area contributed by atoms with Gasteiger partial charge in [-0.15, -0.1) is 0 Å². The van der Waals surface area contributed by atoms with Crippen molar-refractivity contribution in [2.75, 3.05) is 0 Å². The van der Waals surface area contributed by atoms with Gasteiger partial charge in [-0.05, 0) is 31.6 Å². The molecule has 2 heteroatoms. The lowest BCUT2D eigenvalue weighted by Gasteiger charge is -2.27. The van der Waals surface area contributed by atoms with Crippen molar-refractivity contribution in [2.45, 2.75) is 57.7 Å². The molecule has 3 unspecified atom stereocenters. The molecule has 0 aromatic carbocycles. The summed E-state index contributed by atoms with van der Waals surface area (Å²) in [5, 5.41) is 18.8. The number of rotatable bonds is 3. The smallest absolute Gasteiger partial charge is 0.0543 e. The van der Waals surface area contributed by atoms with E-state index in [1.807, 2.05) is 6.92 Å². The van der Waals surface area contributed by atoms with Gasteiger partial charge >= 0.3 is 0 Å². The van der Waals surface area contributed by atoms with E-state index in [-0.39, 0.29) is 12.2 Å². The van der Waals surface area contributed by atoms with E-state index in [1.165, 1.54) is 6.42 Å². The lowest BCUT2D eigenvalue weighted by atomic mass is 9.83. The monoisotopic (exact) mass is 172 g/mol. The van der Waals surface area contributed by atoms with Crippen molar-refractivity contribution in [1.29, 1.82) is 0 Å². The molecular formula is C10H20O2. The second kappa shape index (κ2) is 4.83. The molecule has 1 aliphatic rings. The first-order valence-electron chi connectivity index (χ1n) is 5.08. The summed E-state index contributed by atoms with van der Waals surface area (Å²) >= 11 is 0. The van der Waals surface area contributed by atoms with E-state index in [9.17, 15) is 10.2 Å². The summed E-state index contributed by atoms with van der Waals surface area (Å²) in [7, 11) is 0. The van der Waals surface area contributed by atoms with Crippen LogP contribution in [0.25, 0.3) is 0 Å². The van der Waals surface area contributed by atoms with Gasteiger partial charge in [0.05, 0.1) is 12.2 Å². The summed E-state index contributed by atoms with van der Waals surface area (Å²) in [4.78, 5) is 0. The molecule has 1 rings (SSSR count). The fraction of sp³-hybridized carbons (Fsp3) is 1.00. The summed E-state index contributed by atoms with van der Waals surface area (Å²) in [5.74, 6) is 0.559. The van der Waals surface area contributed by atoms with Crippen LogP contribution >= 0.6 is 0 Å². The van der Waals surface area contributed by atoms with Gasteiger partial charge < -0.3 is 10.2 Å². The molecule has 0 amide bonds. The van der Waals surface area contributed by atoms with Gasteiger partial charge in [-0.1, -0.05) is 19.8 Å². The van der Waals surface area contributed by atoms with Crippen LogP contribution in [0.3, 0.4) is 0 Å². The molecule has 0 heterocycles. The Bertz CT molecular complexity index is 125. The maximum atomic E-state index is 9.41. The highest BCUT2D eigenvalue weighted by atomic mass is 16.3. The zero-order chi connectivity index (χ0) is 8.97. The first kappa shape index (κ1) is 10.0. The Labute approximate surface area is 74.6 Å². The van der Waals surface area contributed by atoms with Gasteiger partial charge in [-0.25, -0.2) is 0 Å². The minimum atomic E-state index is -0.153. The Morgan fingerprint density at radius 1 is 1.42 bits per heavy atom. The van der Waals surface area contributed by atoms with Crippen molar-refractivity contribution in [2.24, 2.45) is 5.92 Å². The first-order valence-corrected chi connectivity index (χ1v) is 5.08. The topological polar surface area (TPSA) is 40.5 Å². The highest BCUT2D eigenvalue weighted by Gasteiger charge is 2.21. The Hall–Kier alpha value is -0.0800. The third kappa shape index (κ3) is 3.11. The fourth-order valence-corrected chi connectivity index (χ4v) is 2.03. The van der Waals surface area contributed by atoms with Gasteiger partial charge in [0.15, 0.2) is 0 Å². The lowest BCUT2D eigenvalue weighted by molar-refractivity contribution is 0.0694. The maximum Gasteiger partial charge on any atom is 0.0543 e. The number of hydrogen-bond acceptors (Lipinski definition) is 2. The van der Waals surface area contributed by atoms with E-state index in [4.69, 9.17) is 0 Å². The van der Waals surface area contributed by atoms with Crippen molar-refractivity contribution in [3.05, 3.63) is 0 Å². The minimum Gasteiger partial charge on any atom is -0.393 e. The van der Waals surface area contributed by atoms with Crippen LogP contribution in [-0.2, 0) is 0 Å². The third-order valence-electron chi connectivity index (χ3n) is 2.83. The molecule has 1 saturated carbocycles. The summed E-state index contributed by atoms with van der Waals surface area (Å²) in [6.07, 6.45) is 5.64. The second-order valence-electron chi connectivity index (χ2n) is 3.98. The van der Waals surface area contributed by atoms with Crippen LogP contribution in [0.5, 0.6) is 0 Å². The van der Waals surface area contributed by atoms with Crippen LogP contribution in [0.15, 0.2) is 0 Å². The van der Waals surface area contributed by atoms with E-state index in [2.05, 4.69) is 0 Å². The molecule has 0 radical (unpaired) electrons. The van der Waals surface area contributed by atoms with Gasteiger partial charge in [-0.2, -0.15) is 0 Å². The molecule has 12 heavy (non-hydrogen) atoms. The fourth-order valence-electron chi connectivity index (χ4n) is 2.03. The van der Waals surface area contributed by atoms with E-state index < -0.39 is 0 Å². The highest BCUT2D eigenvalue weighted by molar-refractivity contribution is 4.74. The Morgan fingerprint density at radius 3 is 2.75 bits per heavy atom. The predicted octanol–water partition coefficient (Wildman–Crippen LogP) is 1.70. The molecule has 1 fully saturated rings. The Balaban J connectivity index is 2.22. The van der Waals surface area contributed by atoms with Gasteiger partial charge in [0.1, 0.15) is 0 Å². The van der Waals surface area contributed by atoms with Crippen molar-refractivity contribution in [3.8, 4) is 0 Å². The average Bonchev–Trinajstić information content (AvgIpc) is 2.04. The number of hydrogen-bond donors (Lipinski definition) is 2. The molecule has 0 bridgehead atoms. The molecule has 3 atom stereocenters. The van der Waals surface area contributed by atoms with Crippen LogP contribution in [0.1, 0.15) is 45.4 Å². The van der Waals surface area contributed by atoms with Crippen LogP contribution in [0.2, 0.25) is 0 Å². The molecule has 0 saturated heterocycles. The molecule has 72 valence electrons. The van der Waals surface area contributed by atoms with E-state index >= 15 is 0 Å². The first-order chi connectivity index (χ1) is 5.72. The third-order valence-corrected chi connectivity index (χ3v) is 2.83. The Morgan fingerprint density at radius 2 is 2.17 bits per heavy atom. The largest absolute Gasteiger partial charge is 0.393 e. The van der Waals surface area contributed by atoms with Crippen LogP contribution in [-0.4, -0.2) is 22.4 Å². The molecule has 2 nitrogen and oxygen atoms in total. The molecule has 2 N–H and O–H groups in total. The predicted molar refractivity (Wildman–Crippen MR) is 48.9 cm³/mol. The van der Waals surface area contributed by atoms with E-state index in [0.29, 0.717) is 5.92 Å². The standard InChI is InChI=1S/C10H20O2/c1-2-9(11)6-8-4-3-5-10(12)7-8/h8-12H,2-7H2,1H3.